The van der Waals surface area contributed by atoms with Crippen molar-refractivity contribution in [3.8, 4) is 0 Å². The minimum absolute atomic E-state index is 0.0733. The van der Waals surface area contributed by atoms with E-state index in [2.05, 4.69) is 58.9 Å². The van der Waals surface area contributed by atoms with Gasteiger partial charge >= 0.3 is 17.9 Å². The first-order valence-corrected chi connectivity index (χ1v) is 25.5. The van der Waals surface area contributed by atoms with Crippen LogP contribution in [-0.4, -0.2) is 37.2 Å². The molecule has 6 nitrogen and oxygen atoms in total. The first-order chi connectivity index (χ1) is 28.7. The SMILES string of the molecule is CCCCCC=CCC=CCCCCCCCC(=O)OCC(COC(=O)CCCCCCCCCCCC(C)C)OC(=O)CCCCCCCCCCCCCC(C)C. The summed E-state index contributed by atoms with van der Waals surface area (Å²) in [6, 6.07) is 0. The van der Waals surface area contributed by atoms with Crippen molar-refractivity contribution < 1.29 is 28.6 Å². The Morgan fingerprint density at radius 2 is 0.712 bits per heavy atom. The van der Waals surface area contributed by atoms with Crippen LogP contribution >= 0.6 is 0 Å². The Kier molecular flexibility index (Phi) is 43.8. The number of hydrogen-bond acceptors (Lipinski definition) is 6. The zero-order valence-corrected chi connectivity index (χ0v) is 39.9. The van der Waals surface area contributed by atoms with E-state index in [0.29, 0.717) is 19.3 Å². The summed E-state index contributed by atoms with van der Waals surface area (Å²) in [4.78, 5) is 37.9. The molecular formula is C53H98O6. The van der Waals surface area contributed by atoms with E-state index in [-0.39, 0.29) is 31.1 Å². The lowest BCUT2D eigenvalue weighted by atomic mass is 10.0. The molecule has 0 aliphatic rings. The van der Waals surface area contributed by atoms with Gasteiger partial charge < -0.3 is 14.2 Å². The van der Waals surface area contributed by atoms with Crippen LogP contribution in [0.1, 0.15) is 266 Å². The fourth-order valence-corrected chi connectivity index (χ4v) is 7.43. The Hall–Kier alpha value is -2.11. The Bertz CT molecular complexity index is 985. The molecular weight excluding hydrogens is 733 g/mol. The highest BCUT2D eigenvalue weighted by Crippen LogP contribution is 2.16. The van der Waals surface area contributed by atoms with Gasteiger partial charge in [0.05, 0.1) is 0 Å². The molecule has 59 heavy (non-hydrogen) atoms. The standard InChI is InChI=1S/C53H98O6/c1-6-7-8-9-10-11-12-13-14-15-18-23-28-33-38-43-51(54)57-46-50(47-58-52(55)44-39-34-29-25-20-22-27-32-37-42-49(4)5)59-53(56)45-40-35-30-24-19-16-17-21-26-31-36-41-48(2)3/h10-11,13-14,48-50H,6-9,12,15-47H2,1-5H3. The quantitative estimate of drug-likeness (QED) is 0.0263. The molecule has 0 N–H and O–H groups in total. The fourth-order valence-electron chi connectivity index (χ4n) is 7.43. The van der Waals surface area contributed by atoms with E-state index in [0.717, 1.165) is 88.9 Å². The van der Waals surface area contributed by atoms with E-state index < -0.39 is 6.10 Å². The first kappa shape index (κ1) is 56.9. The molecule has 0 aromatic carbocycles. The Balaban J connectivity index is 4.37. The second-order valence-corrected chi connectivity index (χ2v) is 18.4. The average Bonchev–Trinajstić information content (AvgIpc) is 3.20. The molecule has 0 bridgehead atoms. The van der Waals surface area contributed by atoms with Crippen LogP contribution in [-0.2, 0) is 28.6 Å². The van der Waals surface area contributed by atoms with Crippen LogP contribution < -0.4 is 0 Å². The van der Waals surface area contributed by atoms with Crippen LogP contribution in [0.25, 0.3) is 0 Å². The van der Waals surface area contributed by atoms with Crippen molar-refractivity contribution >= 4 is 17.9 Å². The molecule has 0 aliphatic heterocycles. The summed E-state index contributed by atoms with van der Waals surface area (Å²) in [6.07, 6.45) is 48.8. The Morgan fingerprint density at radius 3 is 1.08 bits per heavy atom. The normalized spacial score (nSPS) is 12.3. The van der Waals surface area contributed by atoms with Crippen molar-refractivity contribution in [2.75, 3.05) is 13.2 Å². The molecule has 0 aromatic rings. The third-order valence-electron chi connectivity index (χ3n) is 11.3. The van der Waals surface area contributed by atoms with Crippen molar-refractivity contribution in [2.24, 2.45) is 11.8 Å². The minimum atomic E-state index is -0.772. The highest BCUT2D eigenvalue weighted by atomic mass is 16.6. The lowest BCUT2D eigenvalue weighted by molar-refractivity contribution is -0.167. The highest BCUT2D eigenvalue weighted by Gasteiger charge is 2.19. The van der Waals surface area contributed by atoms with Gasteiger partial charge in [0.25, 0.3) is 0 Å². The van der Waals surface area contributed by atoms with Gasteiger partial charge in [0.1, 0.15) is 13.2 Å². The molecule has 6 heteroatoms. The number of rotatable bonds is 45. The van der Waals surface area contributed by atoms with Crippen LogP contribution in [0.4, 0.5) is 0 Å². The van der Waals surface area contributed by atoms with E-state index in [1.807, 2.05) is 0 Å². The number of esters is 3. The maximum atomic E-state index is 12.8. The lowest BCUT2D eigenvalue weighted by Gasteiger charge is -2.18. The van der Waals surface area contributed by atoms with Crippen molar-refractivity contribution in [3.05, 3.63) is 24.3 Å². The highest BCUT2D eigenvalue weighted by molar-refractivity contribution is 5.71. The minimum Gasteiger partial charge on any atom is -0.462 e. The zero-order chi connectivity index (χ0) is 43.3. The van der Waals surface area contributed by atoms with E-state index >= 15 is 0 Å². The molecule has 0 saturated heterocycles. The summed E-state index contributed by atoms with van der Waals surface area (Å²) in [5.41, 5.74) is 0. The maximum Gasteiger partial charge on any atom is 0.306 e. The largest absolute Gasteiger partial charge is 0.462 e. The summed E-state index contributed by atoms with van der Waals surface area (Å²) in [5, 5.41) is 0. The van der Waals surface area contributed by atoms with E-state index in [1.165, 1.54) is 135 Å². The molecule has 0 rings (SSSR count). The molecule has 0 spiro atoms. The second-order valence-electron chi connectivity index (χ2n) is 18.4. The lowest BCUT2D eigenvalue weighted by Crippen LogP contribution is -2.30. The molecule has 0 radical (unpaired) electrons. The van der Waals surface area contributed by atoms with Crippen molar-refractivity contribution in [1.29, 1.82) is 0 Å². The van der Waals surface area contributed by atoms with Gasteiger partial charge in [-0.1, -0.05) is 219 Å². The van der Waals surface area contributed by atoms with Crippen LogP contribution in [0, 0.1) is 11.8 Å². The van der Waals surface area contributed by atoms with Gasteiger partial charge in [-0.3, -0.25) is 14.4 Å². The summed E-state index contributed by atoms with van der Waals surface area (Å²) < 4.78 is 16.8. The van der Waals surface area contributed by atoms with E-state index in [1.54, 1.807) is 0 Å². The second kappa shape index (κ2) is 45.4. The van der Waals surface area contributed by atoms with Gasteiger partial charge in [0, 0.05) is 19.3 Å². The van der Waals surface area contributed by atoms with E-state index in [9.17, 15) is 14.4 Å². The number of carbonyl (C=O) groups excluding carboxylic acids is 3. The molecule has 0 aliphatic carbocycles. The average molecular weight is 831 g/mol. The summed E-state index contributed by atoms with van der Waals surface area (Å²) in [7, 11) is 0. The predicted octanol–water partition coefficient (Wildman–Crippen LogP) is 16.5. The van der Waals surface area contributed by atoms with Crippen LogP contribution in [0.2, 0.25) is 0 Å². The van der Waals surface area contributed by atoms with Crippen LogP contribution in [0.5, 0.6) is 0 Å². The molecule has 0 saturated carbocycles. The predicted molar refractivity (Wildman–Crippen MR) is 252 cm³/mol. The zero-order valence-electron chi connectivity index (χ0n) is 39.9. The monoisotopic (exact) mass is 831 g/mol. The van der Waals surface area contributed by atoms with E-state index in [4.69, 9.17) is 14.2 Å². The molecule has 1 unspecified atom stereocenters. The number of carbonyl (C=O) groups is 3. The molecule has 0 heterocycles. The van der Waals surface area contributed by atoms with Gasteiger partial charge in [-0.05, 0) is 63.2 Å². The fraction of sp³-hybridized carbons (Fsp3) is 0.868. The van der Waals surface area contributed by atoms with Crippen LogP contribution in [0.3, 0.4) is 0 Å². The maximum absolute atomic E-state index is 12.8. The number of ether oxygens (including phenoxy) is 3. The smallest absolute Gasteiger partial charge is 0.306 e. The molecule has 0 amide bonds. The summed E-state index contributed by atoms with van der Waals surface area (Å²) in [6.45, 7) is 11.3. The molecule has 346 valence electrons. The van der Waals surface area contributed by atoms with Gasteiger partial charge in [0.2, 0.25) is 0 Å². The van der Waals surface area contributed by atoms with Crippen LogP contribution in [0.15, 0.2) is 24.3 Å². The summed E-state index contributed by atoms with van der Waals surface area (Å²) >= 11 is 0. The molecule has 0 aromatic heterocycles. The third-order valence-corrected chi connectivity index (χ3v) is 11.3. The Labute approximate surface area is 366 Å². The number of unbranched alkanes of at least 4 members (excludes halogenated alkanes) is 26. The van der Waals surface area contributed by atoms with Crippen molar-refractivity contribution in [3.63, 3.8) is 0 Å². The molecule has 1 atom stereocenters. The Morgan fingerprint density at radius 1 is 0.390 bits per heavy atom. The summed E-state index contributed by atoms with van der Waals surface area (Å²) in [5.74, 6) is 0.748. The number of allylic oxidation sites excluding steroid dienone is 4. The van der Waals surface area contributed by atoms with Gasteiger partial charge in [-0.15, -0.1) is 0 Å². The third kappa shape index (κ3) is 46.8. The van der Waals surface area contributed by atoms with Gasteiger partial charge in [-0.25, -0.2) is 0 Å². The van der Waals surface area contributed by atoms with Gasteiger partial charge in [-0.2, -0.15) is 0 Å². The number of hydrogen-bond donors (Lipinski definition) is 0. The first-order valence-electron chi connectivity index (χ1n) is 25.5. The van der Waals surface area contributed by atoms with Crippen molar-refractivity contribution in [1.82, 2.24) is 0 Å². The topological polar surface area (TPSA) is 78.9 Å². The molecule has 0 fully saturated rings. The van der Waals surface area contributed by atoms with Gasteiger partial charge in [0.15, 0.2) is 6.10 Å². The van der Waals surface area contributed by atoms with Crippen molar-refractivity contribution in [2.45, 2.75) is 272 Å².